The van der Waals surface area contributed by atoms with Crippen LogP contribution in [0.15, 0.2) is 36.9 Å². The Kier molecular flexibility index (Phi) is 6.52. The number of piperazine rings is 1. The molecule has 0 amide bonds. The van der Waals surface area contributed by atoms with E-state index < -0.39 is 5.82 Å². The zero-order chi connectivity index (χ0) is 26.2. The molecule has 38 heavy (non-hydrogen) atoms. The van der Waals surface area contributed by atoms with Gasteiger partial charge in [-0.1, -0.05) is 5.21 Å². The normalized spacial score (nSPS) is 16.3. The number of hydrogen-bond donors (Lipinski definition) is 0. The molecular formula is C27H31FN8O2. The number of aryl methyl sites for hydroxylation is 1. The topological polar surface area (TPSA) is 93.7 Å². The van der Waals surface area contributed by atoms with Crippen LogP contribution in [0.1, 0.15) is 52.6 Å². The summed E-state index contributed by atoms with van der Waals surface area (Å²) in [6, 6.07) is 3.77. The Morgan fingerprint density at radius 2 is 1.97 bits per heavy atom. The lowest BCUT2D eigenvalue weighted by atomic mass is 10.1. The minimum Gasteiger partial charge on any atom is -0.494 e. The van der Waals surface area contributed by atoms with Crippen LogP contribution < -0.4 is 9.64 Å². The highest BCUT2D eigenvalue weighted by Crippen LogP contribution is 2.42. The van der Waals surface area contributed by atoms with E-state index in [0.29, 0.717) is 12.5 Å². The zero-order valence-electron chi connectivity index (χ0n) is 21.7. The third kappa shape index (κ3) is 4.98. The zero-order valence-corrected chi connectivity index (χ0v) is 21.7. The summed E-state index contributed by atoms with van der Waals surface area (Å²) in [5, 5.41) is 8.21. The van der Waals surface area contributed by atoms with Gasteiger partial charge < -0.3 is 18.9 Å². The minimum atomic E-state index is -0.543. The summed E-state index contributed by atoms with van der Waals surface area (Å²) in [7, 11) is 3.56. The smallest absolute Gasteiger partial charge is 0.186 e. The number of nitrogens with zero attached hydrogens (tertiary/aromatic N) is 8. The molecule has 11 heteroatoms. The highest BCUT2D eigenvalue weighted by atomic mass is 19.1. The summed E-state index contributed by atoms with van der Waals surface area (Å²) in [6.45, 7) is 4.42. The molecule has 5 heterocycles. The summed E-state index contributed by atoms with van der Waals surface area (Å²) < 4.78 is 23.1. The van der Waals surface area contributed by atoms with Gasteiger partial charge in [0.1, 0.15) is 5.69 Å². The van der Waals surface area contributed by atoms with Gasteiger partial charge in [0.05, 0.1) is 36.9 Å². The molecule has 2 fully saturated rings. The highest BCUT2D eigenvalue weighted by Gasteiger charge is 2.27. The molecule has 0 aromatic carbocycles. The fraction of sp³-hybridized carbons (Fsp3) is 0.444. The number of ether oxygens (including phenoxy) is 1. The van der Waals surface area contributed by atoms with Crippen LogP contribution in [-0.4, -0.2) is 80.4 Å². The van der Waals surface area contributed by atoms with Crippen molar-refractivity contribution in [3.8, 4) is 5.75 Å². The number of likely N-dealkylation sites (N-methyl/N-ethyl adjacent to an activating group) is 1. The Morgan fingerprint density at radius 3 is 2.74 bits per heavy atom. The molecule has 6 rings (SSSR count). The number of anilines is 1. The van der Waals surface area contributed by atoms with E-state index in [-0.39, 0.29) is 35.8 Å². The van der Waals surface area contributed by atoms with E-state index >= 15 is 0 Å². The average molecular weight is 519 g/mol. The van der Waals surface area contributed by atoms with Crippen LogP contribution >= 0.6 is 0 Å². The van der Waals surface area contributed by atoms with Crippen LogP contribution in [-0.2, 0) is 13.0 Å². The second kappa shape index (κ2) is 10.1. The lowest BCUT2D eigenvalue weighted by molar-refractivity contribution is 0.0977. The van der Waals surface area contributed by atoms with Crippen molar-refractivity contribution in [3.05, 3.63) is 65.4 Å². The van der Waals surface area contributed by atoms with Gasteiger partial charge in [0, 0.05) is 63.7 Å². The van der Waals surface area contributed by atoms with Crippen molar-refractivity contribution in [2.75, 3.05) is 45.2 Å². The van der Waals surface area contributed by atoms with Crippen molar-refractivity contribution >= 4 is 17.1 Å². The van der Waals surface area contributed by atoms with Gasteiger partial charge in [0.15, 0.2) is 23.0 Å². The molecule has 1 saturated heterocycles. The molecule has 198 valence electrons. The Bertz CT molecular complexity index is 1470. The Labute approximate surface area is 220 Å². The van der Waals surface area contributed by atoms with Crippen LogP contribution in [0.25, 0.3) is 5.65 Å². The number of carbonyl (C=O) groups excluding carboxylic acids is 1. The standard InChI is InChI=1S/C27H31FN8O2/c1-33-9-11-34(12-10-33)23-13-19(18-3-4-18)14-35-15-20(30-27(23)35)16-36-17-22(31-32-36)24(37)6-5-21-26(28)25(38-2)7-8-29-21/h7-8,13-15,17-18H,3-6,9-12,16H2,1-2H3. The number of hydrogen-bond acceptors (Lipinski definition) is 8. The number of ketones is 1. The SMILES string of the molecule is COc1ccnc(CCC(=O)c2cn(Cc3cn4cc(C5CC5)cc(N5CCN(C)CC5)c4n3)nn2)c1F. The van der Waals surface area contributed by atoms with Crippen molar-refractivity contribution in [3.63, 3.8) is 0 Å². The average Bonchev–Trinajstić information content (AvgIpc) is 3.54. The molecule has 10 nitrogen and oxygen atoms in total. The lowest BCUT2D eigenvalue weighted by Gasteiger charge is -2.34. The number of pyridine rings is 2. The van der Waals surface area contributed by atoms with Crippen molar-refractivity contribution < 1.29 is 13.9 Å². The molecule has 4 aromatic heterocycles. The molecule has 0 bridgehead atoms. The molecule has 1 aliphatic heterocycles. The third-order valence-corrected chi connectivity index (χ3v) is 7.38. The quantitative estimate of drug-likeness (QED) is 0.312. The number of aromatic nitrogens is 6. The van der Waals surface area contributed by atoms with Crippen molar-refractivity contribution in [2.45, 2.75) is 38.1 Å². The maximum atomic E-state index is 14.4. The molecule has 1 aliphatic carbocycles. The van der Waals surface area contributed by atoms with E-state index in [0.717, 1.165) is 37.5 Å². The van der Waals surface area contributed by atoms with Gasteiger partial charge in [0.2, 0.25) is 0 Å². The number of rotatable bonds is 9. The first kappa shape index (κ1) is 24.5. The molecule has 2 aliphatic rings. The first-order chi connectivity index (χ1) is 18.5. The minimum absolute atomic E-state index is 0.0719. The Hall–Kier alpha value is -3.86. The van der Waals surface area contributed by atoms with Gasteiger partial charge >= 0.3 is 0 Å². The number of imidazole rings is 1. The second-order valence-electron chi connectivity index (χ2n) is 10.2. The van der Waals surface area contributed by atoms with Gasteiger partial charge in [-0.15, -0.1) is 5.10 Å². The highest BCUT2D eigenvalue weighted by molar-refractivity contribution is 5.93. The fourth-order valence-electron chi connectivity index (χ4n) is 4.98. The maximum Gasteiger partial charge on any atom is 0.186 e. The summed E-state index contributed by atoms with van der Waals surface area (Å²) >= 11 is 0. The van der Waals surface area contributed by atoms with Gasteiger partial charge in [-0.25, -0.2) is 14.1 Å². The summed E-state index contributed by atoms with van der Waals surface area (Å²) in [5.74, 6) is -0.0114. The van der Waals surface area contributed by atoms with E-state index in [1.54, 1.807) is 10.9 Å². The molecule has 4 aromatic rings. The summed E-state index contributed by atoms with van der Waals surface area (Å²) in [6.07, 6.45) is 10.0. The number of Topliss-reactive ketones (excluding diaryl/α,β-unsaturated/α-hetero) is 1. The van der Waals surface area contributed by atoms with Crippen LogP contribution in [0, 0.1) is 5.82 Å². The number of methoxy groups -OCH3 is 1. The van der Waals surface area contributed by atoms with Gasteiger partial charge in [-0.3, -0.25) is 9.78 Å². The monoisotopic (exact) mass is 518 g/mol. The summed E-state index contributed by atoms with van der Waals surface area (Å²) in [4.78, 5) is 26.5. The first-order valence-electron chi connectivity index (χ1n) is 13.0. The summed E-state index contributed by atoms with van der Waals surface area (Å²) in [5.41, 5.74) is 4.77. The fourth-order valence-corrected chi connectivity index (χ4v) is 4.98. The van der Waals surface area contributed by atoms with E-state index in [2.05, 4.69) is 48.8 Å². The van der Waals surface area contributed by atoms with Crippen molar-refractivity contribution in [1.82, 2.24) is 34.3 Å². The van der Waals surface area contributed by atoms with Crippen LogP contribution in [0.2, 0.25) is 0 Å². The van der Waals surface area contributed by atoms with E-state index in [1.165, 1.54) is 43.5 Å². The number of carbonyl (C=O) groups is 1. The molecular weight excluding hydrogens is 487 g/mol. The third-order valence-electron chi connectivity index (χ3n) is 7.38. The molecule has 1 saturated carbocycles. The van der Waals surface area contributed by atoms with Crippen molar-refractivity contribution in [1.29, 1.82) is 0 Å². The molecule has 0 atom stereocenters. The molecule has 0 spiro atoms. The Balaban J connectivity index is 1.18. The Morgan fingerprint density at radius 1 is 1.16 bits per heavy atom. The number of halogens is 1. The van der Waals surface area contributed by atoms with Crippen molar-refractivity contribution in [2.24, 2.45) is 0 Å². The second-order valence-corrected chi connectivity index (χ2v) is 10.2. The molecule has 0 N–H and O–H groups in total. The van der Waals surface area contributed by atoms with Crippen LogP contribution in [0.5, 0.6) is 5.75 Å². The van der Waals surface area contributed by atoms with E-state index in [1.807, 2.05) is 6.20 Å². The number of fused-ring (bicyclic) bond motifs is 1. The van der Waals surface area contributed by atoms with E-state index in [4.69, 9.17) is 9.72 Å². The predicted octanol–water partition coefficient (Wildman–Crippen LogP) is 2.96. The molecule has 0 radical (unpaired) electrons. The lowest BCUT2D eigenvalue weighted by Crippen LogP contribution is -2.44. The van der Waals surface area contributed by atoms with Gasteiger partial charge in [-0.2, -0.15) is 0 Å². The largest absolute Gasteiger partial charge is 0.494 e. The van der Waals surface area contributed by atoms with Crippen LogP contribution in [0.4, 0.5) is 10.1 Å². The maximum absolute atomic E-state index is 14.4. The van der Waals surface area contributed by atoms with Crippen LogP contribution in [0.3, 0.4) is 0 Å². The predicted molar refractivity (Wildman–Crippen MR) is 139 cm³/mol. The van der Waals surface area contributed by atoms with E-state index in [9.17, 15) is 9.18 Å². The van der Waals surface area contributed by atoms with Gasteiger partial charge in [0.25, 0.3) is 0 Å². The first-order valence-corrected chi connectivity index (χ1v) is 13.0. The van der Waals surface area contributed by atoms with Gasteiger partial charge in [-0.05, 0) is 37.4 Å². The molecule has 0 unspecified atom stereocenters.